The molecule has 58 valence electrons. The first-order valence-electron chi connectivity index (χ1n) is 2.88. The molecule has 0 aromatic heterocycles. The fourth-order valence-electron chi connectivity index (χ4n) is 0.707. The fourth-order valence-corrected chi connectivity index (χ4v) is 1.13. The number of benzene rings is 1. The highest BCUT2D eigenvalue weighted by molar-refractivity contribution is 9.10. The molecule has 3 nitrogen and oxygen atoms in total. The highest BCUT2D eigenvalue weighted by Crippen LogP contribution is 2.22. The molecular weight excluding hydrogens is 210 g/mol. The molecule has 0 saturated carbocycles. The molecule has 0 aliphatic carbocycles. The van der Waals surface area contributed by atoms with Crippen LogP contribution in [-0.2, 0) is 0 Å². The van der Waals surface area contributed by atoms with Crippen LogP contribution in [0.4, 0.5) is 5.69 Å². The van der Waals surface area contributed by atoms with Crippen LogP contribution in [0, 0.1) is 0 Å². The van der Waals surface area contributed by atoms with Crippen molar-refractivity contribution in [1.82, 2.24) is 0 Å². The number of carbonyl (C=O) groups is 1. The van der Waals surface area contributed by atoms with Crippen molar-refractivity contribution in [3.05, 3.63) is 28.2 Å². The summed E-state index contributed by atoms with van der Waals surface area (Å²) in [7, 11) is 0. The van der Waals surface area contributed by atoms with Crippen molar-refractivity contribution in [1.29, 1.82) is 0 Å². The molecule has 0 atom stereocenters. The maximum absolute atomic E-state index is 10.4. The predicted octanol–water partition coefficient (Wildman–Crippen LogP) is 0.395. The Labute approximate surface area is 72.0 Å². The largest absolute Gasteiger partial charge is 0.545 e. The van der Waals surface area contributed by atoms with Gasteiger partial charge in [-0.05, 0) is 22.0 Å². The highest BCUT2D eigenvalue weighted by Gasteiger charge is 2.01. The fraction of sp³-hybridized carbons (Fsp3) is 0. The zero-order valence-electron chi connectivity index (χ0n) is 5.50. The van der Waals surface area contributed by atoms with Gasteiger partial charge in [0, 0.05) is 15.7 Å². The number of nitrogen functional groups attached to an aromatic ring is 1. The minimum atomic E-state index is -1.23. The number of hydrogen-bond donors (Lipinski definition) is 1. The smallest absolute Gasteiger partial charge is 0.0727 e. The third kappa shape index (κ3) is 1.51. The number of carboxylic acids is 1. The number of carboxylic acid groups (broad SMARTS) is 1. The zero-order valence-corrected chi connectivity index (χ0v) is 7.09. The number of rotatable bonds is 1. The van der Waals surface area contributed by atoms with Crippen molar-refractivity contribution in [2.75, 3.05) is 5.73 Å². The summed E-state index contributed by atoms with van der Waals surface area (Å²) in [5.41, 5.74) is 5.89. The van der Waals surface area contributed by atoms with E-state index in [1.54, 1.807) is 12.1 Å². The van der Waals surface area contributed by atoms with Gasteiger partial charge < -0.3 is 15.6 Å². The van der Waals surface area contributed by atoms with Crippen LogP contribution in [0.1, 0.15) is 10.4 Å². The highest BCUT2D eigenvalue weighted by atomic mass is 79.9. The lowest BCUT2D eigenvalue weighted by Gasteiger charge is -2.06. The summed E-state index contributed by atoms with van der Waals surface area (Å²) < 4.78 is 0.375. The van der Waals surface area contributed by atoms with Crippen LogP contribution in [0.2, 0.25) is 0 Å². The summed E-state index contributed by atoms with van der Waals surface area (Å²) in [6.45, 7) is 0. The molecule has 1 aromatic rings. The van der Waals surface area contributed by atoms with Gasteiger partial charge in [-0.3, -0.25) is 0 Å². The van der Waals surface area contributed by atoms with Gasteiger partial charge in [0.2, 0.25) is 0 Å². The Balaban J connectivity index is 3.27. The Hall–Kier alpha value is -1.03. The molecule has 0 radical (unpaired) electrons. The Morgan fingerprint density at radius 2 is 2.18 bits per heavy atom. The van der Waals surface area contributed by atoms with Crippen molar-refractivity contribution in [2.24, 2.45) is 0 Å². The van der Waals surface area contributed by atoms with Gasteiger partial charge in [-0.1, -0.05) is 12.1 Å². The Bertz CT molecular complexity index is 298. The second-order valence-electron chi connectivity index (χ2n) is 2.00. The molecule has 0 bridgehead atoms. The van der Waals surface area contributed by atoms with Crippen molar-refractivity contribution in [2.45, 2.75) is 0 Å². The van der Waals surface area contributed by atoms with Gasteiger partial charge in [0.15, 0.2) is 0 Å². The molecule has 11 heavy (non-hydrogen) atoms. The summed E-state index contributed by atoms with van der Waals surface area (Å²) in [4.78, 5) is 10.4. The molecule has 0 unspecified atom stereocenters. The quantitative estimate of drug-likeness (QED) is 0.689. The summed E-state index contributed by atoms with van der Waals surface area (Å²) in [5.74, 6) is -1.23. The second-order valence-corrected chi connectivity index (χ2v) is 2.79. The SMILES string of the molecule is Nc1cccc(C(=O)[O-])c1Br. The Morgan fingerprint density at radius 1 is 1.55 bits per heavy atom. The van der Waals surface area contributed by atoms with E-state index < -0.39 is 5.97 Å². The monoisotopic (exact) mass is 214 g/mol. The van der Waals surface area contributed by atoms with E-state index >= 15 is 0 Å². The normalized spacial score (nSPS) is 9.55. The maximum Gasteiger partial charge on any atom is 0.0727 e. The second kappa shape index (κ2) is 2.92. The van der Waals surface area contributed by atoms with E-state index in [-0.39, 0.29) is 5.56 Å². The topological polar surface area (TPSA) is 66.2 Å². The predicted molar refractivity (Wildman–Crippen MR) is 42.9 cm³/mol. The molecule has 0 amide bonds. The molecule has 0 spiro atoms. The number of aromatic carboxylic acids is 1. The van der Waals surface area contributed by atoms with E-state index in [1.807, 2.05) is 0 Å². The van der Waals surface area contributed by atoms with Gasteiger partial charge in [-0.15, -0.1) is 0 Å². The minimum absolute atomic E-state index is 0.0741. The van der Waals surface area contributed by atoms with Gasteiger partial charge in [0.25, 0.3) is 0 Å². The maximum atomic E-state index is 10.4. The van der Waals surface area contributed by atoms with Crippen LogP contribution in [0.15, 0.2) is 22.7 Å². The summed E-state index contributed by atoms with van der Waals surface area (Å²) in [6, 6.07) is 4.59. The first-order chi connectivity index (χ1) is 5.13. The molecule has 2 N–H and O–H groups in total. The molecular formula is C7H5BrNO2-. The Kier molecular flexibility index (Phi) is 2.14. The van der Waals surface area contributed by atoms with E-state index in [4.69, 9.17) is 5.73 Å². The lowest BCUT2D eigenvalue weighted by molar-refractivity contribution is -0.255. The van der Waals surface area contributed by atoms with Crippen molar-refractivity contribution in [3.63, 3.8) is 0 Å². The van der Waals surface area contributed by atoms with Crippen LogP contribution < -0.4 is 10.8 Å². The molecule has 4 heteroatoms. The summed E-state index contributed by atoms with van der Waals surface area (Å²) in [6.07, 6.45) is 0. The number of nitrogens with two attached hydrogens (primary N) is 1. The lowest BCUT2D eigenvalue weighted by atomic mass is 10.2. The molecule has 0 saturated heterocycles. The summed E-state index contributed by atoms with van der Waals surface area (Å²) in [5, 5.41) is 10.4. The van der Waals surface area contributed by atoms with Crippen LogP contribution in [0.3, 0.4) is 0 Å². The van der Waals surface area contributed by atoms with Gasteiger partial charge in [0.05, 0.1) is 5.97 Å². The third-order valence-electron chi connectivity index (χ3n) is 1.25. The number of hydrogen-bond acceptors (Lipinski definition) is 3. The van der Waals surface area contributed by atoms with Gasteiger partial charge in [-0.2, -0.15) is 0 Å². The van der Waals surface area contributed by atoms with E-state index in [0.717, 1.165) is 0 Å². The third-order valence-corrected chi connectivity index (χ3v) is 2.13. The minimum Gasteiger partial charge on any atom is -0.545 e. The lowest BCUT2D eigenvalue weighted by Crippen LogP contribution is -2.22. The van der Waals surface area contributed by atoms with E-state index in [2.05, 4.69) is 15.9 Å². The number of anilines is 1. The average Bonchev–Trinajstić information content (AvgIpc) is 1.94. The van der Waals surface area contributed by atoms with Crippen LogP contribution in [0.5, 0.6) is 0 Å². The molecule has 0 heterocycles. The molecule has 1 rings (SSSR count). The average molecular weight is 215 g/mol. The van der Waals surface area contributed by atoms with E-state index in [0.29, 0.717) is 10.2 Å². The zero-order chi connectivity index (χ0) is 8.43. The molecule has 0 aliphatic heterocycles. The molecule has 0 fully saturated rings. The van der Waals surface area contributed by atoms with Crippen LogP contribution in [0.25, 0.3) is 0 Å². The van der Waals surface area contributed by atoms with Crippen molar-refractivity contribution in [3.8, 4) is 0 Å². The molecule has 1 aromatic carbocycles. The number of halogens is 1. The van der Waals surface area contributed by atoms with Gasteiger partial charge in [0.1, 0.15) is 0 Å². The first-order valence-corrected chi connectivity index (χ1v) is 3.67. The standard InChI is InChI=1S/C7H6BrNO2/c8-6-4(7(10)11)2-1-3-5(6)9/h1-3H,9H2,(H,10,11)/p-1. The van der Waals surface area contributed by atoms with E-state index in [9.17, 15) is 9.90 Å². The molecule has 0 aliphatic rings. The van der Waals surface area contributed by atoms with Gasteiger partial charge >= 0.3 is 0 Å². The van der Waals surface area contributed by atoms with Crippen LogP contribution >= 0.6 is 15.9 Å². The number of carbonyl (C=O) groups excluding carboxylic acids is 1. The van der Waals surface area contributed by atoms with E-state index in [1.165, 1.54) is 6.07 Å². The first kappa shape index (κ1) is 8.07. The van der Waals surface area contributed by atoms with Crippen molar-refractivity contribution >= 4 is 27.6 Å². The Morgan fingerprint density at radius 3 is 2.64 bits per heavy atom. The van der Waals surface area contributed by atoms with Crippen LogP contribution in [-0.4, -0.2) is 5.97 Å². The van der Waals surface area contributed by atoms with Gasteiger partial charge in [-0.25, -0.2) is 0 Å². The summed E-state index contributed by atoms with van der Waals surface area (Å²) >= 11 is 3.03. The van der Waals surface area contributed by atoms with Crippen molar-refractivity contribution < 1.29 is 9.90 Å².